The number of aliphatic hydroxyl groups is 1. The van der Waals surface area contributed by atoms with Crippen molar-refractivity contribution in [1.29, 1.82) is 0 Å². The van der Waals surface area contributed by atoms with E-state index in [9.17, 15) is 0 Å². The molecule has 3 heterocycles. The van der Waals surface area contributed by atoms with Crippen LogP contribution in [0.1, 0.15) is 25.1 Å². The van der Waals surface area contributed by atoms with E-state index in [1.165, 1.54) is 18.6 Å². The van der Waals surface area contributed by atoms with E-state index in [4.69, 9.17) is 5.11 Å². The summed E-state index contributed by atoms with van der Waals surface area (Å²) in [7, 11) is 0. The van der Waals surface area contributed by atoms with Crippen LogP contribution in [0.15, 0.2) is 18.3 Å². The lowest BCUT2D eigenvalue weighted by molar-refractivity contribution is 0.287. The lowest BCUT2D eigenvalue weighted by atomic mass is 10.2. The molecule has 1 saturated heterocycles. The van der Waals surface area contributed by atoms with Gasteiger partial charge in [-0.3, -0.25) is 0 Å². The largest absolute Gasteiger partial charge is 0.396 e. The second-order valence-corrected chi connectivity index (χ2v) is 6.36. The van der Waals surface area contributed by atoms with Crippen molar-refractivity contribution in [3.8, 4) is 0 Å². The Hall–Kier alpha value is -1.07. The molecule has 0 aliphatic carbocycles. The third-order valence-electron chi connectivity index (χ3n) is 3.55. The molecule has 0 spiro atoms. The Morgan fingerprint density at radius 3 is 3.21 bits per heavy atom. The lowest BCUT2D eigenvalue weighted by Crippen LogP contribution is -2.13. The first kappa shape index (κ1) is 12.9. The second kappa shape index (κ2) is 5.92. The fourth-order valence-electron chi connectivity index (χ4n) is 2.62. The van der Waals surface area contributed by atoms with Gasteiger partial charge in [-0.15, -0.1) is 0 Å². The number of hydrogen-bond acceptors (Lipinski definition) is 4. The number of aryl methyl sites for hydroxylation is 1. The van der Waals surface area contributed by atoms with E-state index in [0.29, 0.717) is 5.25 Å². The van der Waals surface area contributed by atoms with Crippen LogP contribution in [0.2, 0.25) is 0 Å². The Labute approximate surface area is 117 Å². The zero-order chi connectivity index (χ0) is 13.1. The molecule has 1 aliphatic rings. The van der Waals surface area contributed by atoms with Gasteiger partial charge >= 0.3 is 0 Å². The van der Waals surface area contributed by atoms with E-state index in [1.807, 2.05) is 18.3 Å². The highest BCUT2D eigenvalue weighted by Gasteiger charge is 2.19. The Morgan fingerprint density at radius 2 is 2.42 bits per heavy atom. The molecule has 2 aromatic heterocycles. The summed E-state index contributed by atoms with van der Waals surface area (Å²) in [5, 5.41) is 9.71. The average molecular weight is 277 g/mol. The van der Waals surface area contributed by atoms with Crippen LogP contribution in [0.3, 0.4) is 0 Å². The number of fused-ring (bicyclic) bond motifs is 1. The van der Waals surface area contributed by atoms with Crippen LogP contribution in [0.25, 0.3) is 11.2 Å². The highest BCUT2D eigenvalue weighted by molar-refractivity contribution is 8.00. The van der Waals surface area contributed by atoms with Gasteiger partial charge in [0, 0.05) is 31.0 Å². The van der Waals surface area contributed by atoms with Crippen LogP contribution in [-0.4, -0.2) is 37.3 Å². The molecule has 3 rings (SSSR count). The van der Waals surface area contributed by atoms with Crippen molar-refractivity contribution in [1.82, 2.24) is 14.5 Å². The van der Waals surface area contributed by atoms with Crippen molar-refractivity contribution in [2.75, 3.05) is 12.4 Å². The SMILES string of the molecule is OCCCc1nc2cccnc2n1CC1CCCS1. The van der Waals surface area contributed by atoms with Crippen molar-refractivity contribution >= 4 is 22.9 Å². The molecule has 4 nitrogen and oxygen atoms in total. The quantitative estimate of drug-likeness (QED) is 0.910. The Bertz CT molecular complexity index is 549. The number of pyridine rings is 1. The van der Waals surface area contributed by atoms with Gasteiger partial charge in [0.25, 0.3) is 0 Å². The Balaban J connectivity index is 1.92. The van der Waals surface area contributed by atoms with Crippen molar-refractivity contribution in [3.63, 3.8) is 0 Å². The molecule has 19 heavy (non-hydrogen) atoms. The van der Waals surface area contributed by atoms with Gasteiger partial charge in [0.15, 0.2) is 5.65 Å². The zero-order valence-corrected chi connectivity index (χ0v) is 11.8. The van der Waals surface area contributed by atoms with Gasteiger partial charge in [-0.2, -0.15) is 11.8 Å². The van der Waals surface area contributed by atoms with Gasteiger partial charge in [0.05, 0.1) is 0 Å². The summed E-state index contributed by atoms with van der Waals surface area (Å²) in [4.78, 5) is 9.15. The number of aliphatic hydroxyl groups excluding tert-OH is 1. The maximum atomic E-state index is 9.02. The average Bonchev–Trinajstić information content (AvgIpc) is 3.06. The minimum atomic E-state index is 0.217. The predicted molar refractivity (Wildman–Crippen MR) is 78.4 cm³/mol. The molecule has 0 bridgehead atoms. The third kappa shape index (κ3) is 2.77. The number of imidazole rings is 1. The van der Waals surface area contributed by atoms with E-state index in [-0.39, 0.29) is 6.61 Å². The molecule has 0 aromatic carbocycles. The first-order chi connectivity index (χ1) is 9.38. The molecule has 1 aliphatic heterocycles. The van der Waals surface area contributed by atoms with Gasteiger partial charge in [-0.05, 0) is 37.1 Å². The summed E-state index contributed by atoms with van der Waals surface area (Å²) in [5.74, 6) is 2.34. The molecule has 1 fully saturated rings. The first-order valence-electron chi connectivity index (χ1n) is 6.91. The van der Waals surface area contributed by atoms with E-state index in [2.05, 4.69) is 26.3 Å². The monoisotopic (exact) mass is 277 g/mol. The van der Waals surface area contributed by atoms with E-state index >= 15 is 0 Å². The summed E-state index contributed by atoms with van der Waals surface area (Å²) in [6, 6.07) is 3.95. The van der Waals surface area contributed by atoms with Gasteiger partial charge in [0.2, 0.25) is 0 Å². The predicted octanol–water partition coefficient (Wildman–Crippen LogP) is 2.25. The molecule has 1 unspecified atom stereocenters. The molecule has 0 amide bonds. The van der Waals surface area contributed by atoms with Gasteiger partial charge in [-0.25, -0.2) is 9.97 Å². The van der Waals surface area contributed by atoms with Gasteiger partial charge in [-0.1, -0.05) is 0 Å². The topological polar surface area (TPSA) is 50.9 Å². The van der Waals surface area contributed by atoms with E-state index < -0.39 is 0 Å². The molecular formula is C14H19N3OS. The standard InChI is InChI=1S/C14H19N3OS/c18-8-2-6-13-16-12-5-1-7-15-14(12)17(13)10-11-4-3-9-19-11/h1,5,7,11,18H,2-4,6,8-10H2. The van der Waals surface area contributed by atoms with Crippen molar-refractivity contribution in [2.24, 2.45) is 0 Å². The molecule has 2 aromatic rings. The number of thioether (sulfide) groups is 1. The number of rotatable bonds is 5. The molecule has 0 radical (unpaired) electrons. The molecular weight excluding hydrogens is 258 g/mol. The van der Waals surface area contributed by atoms with Crippen LogP contribution >= 0.6 is 11.8 Å². The number of aromatic nitrogens is 3. The molecule has 5 heteroatoms. The van der Waals surface area contributed by atoms with Crippen LogP contribution < -0.4 is 0 Å². The highest BCUT2D eigenvalue weighted by Crippen LogP contribution is 2.29. The van der Waals surface area contributed by atoms with E-state index in [0.717, 1.165) is 36.4 Å². The van der Waals surface area contributed by atoms with Crippen molar-refractivity contribution in [3.05, 3.63) is 24.2 Å². The third-order valence-corrected chi connectivity index (χ3v) is 4.93. The molecule has 0 saturated carbocycles. The Morgan fingerprint density at radius 1 is 1.47 bits per heavy atom. The Kier molecular flexibility index (Phi) is 4.03. The minimum absolute atomic E-state index is 0.217. The second-order valence-electron chi connectivity index (χ2n) is 4.95. The molecule has 1 N–H and O–H groups in total. The van der Waals surface area contributed by atoms with Gasteiger partial charge < -0.3 is 9.67 Å². The van der Waals surface area contributed by atoms with Gasteiger partial charge in [0.1, 0.15) is 11.3 Å². The smallest absolute Gasteiger partial charge is 0.160 e. The fourth-order valence-corrected chi connectivity index (χ4v) is 3.87. The minimum Gasteiger partial charge on any atom is -0.396 e. The zero-order valence-electron chi connectivity index (χ0n) is 11.0. The first-order valence-corrected chi connectivity index (χ1v) is 7.96. The lowest BCUT2D eigenvalue weighted by Gasteiger charge is -2.13. The summed E-state index contributed by atoms with van der Waals surface area (Å²) in [6.07, 6.45) is 6.03. The van der Waals surface area contributed by atoms with Crippen LogP contribution in [0.5, 0.6) is 0 Å². The maximum Gasteiger partial charge on any atom is 0.160 e. The summed E-state index contributed by atoms with van der Waals surface area (Å²) in [6.45, 7) is 1.22. The van der Waals surface area contributed by atoms with Crippen LogP contribution in [0, 0.1) is 0 Å². The highest BCUT2D eigenvalue weighted by atomic mass is 32.2. The fraction of sp³-hybridized carbons (Fsp3) is 0.571. The van der Waals surface area contributed by atoms with Crippen LogP contribution in [0.4, 0.5) is 0 Å². The summed E-state index contributed by atoms with van der Waals surface area (Å²) < 4.78 is 2.26. The number of hydrogen-bond donors (Lipinski definition) is 1. The summed E-state index contributed by atoms with van der Waals surface area (Å²) >= 11 is 2.06. The van der Waals surface area contributed by atoms with Crippen molar-refractivity contribution in [2.45, 2.75) is 37.5 Å². The number of nitrogens with zero attached hydrogens (tertiary/aromatic N) is 3. The van der Waals surface area contributed by atoms with Crippen molar-refractivity contribution < 1.29 is 5.11 Å². The van der Waals surface area contributed by atoms with Crippen LogP contribution in [-0.2, 0) is 13.0 Å². The maximum absolute atomic E-state index is 9.02. The molecule has 1 atom stereocenters. The normalized spacial score (nSPS) is 19.3. The summed E-state index contributed by atoms with van der Waals surface area (Å²) in [5.41, 5.74) is 1.96. The van der Waals surface area contributed by atoms with E-state index in [1.54, 1.807) is 0 Å². The molecule has 102 valence electrons.